The largest absolute Gasteiger partial charge is 0.417 e. The summed E-state index contributed by atoms with van der Waals surface area (Å²) in [7, 11) is 0. The van der Waals surface area contributed by atoms with E-state index in [0.29, 0.717) is 0 Å². The Balaban J connectivity index is 2.07. The maximum atomic E-state index is 14.5. The van der Waals surface area contributed by atoms with Crippen LogP contribution in [0.2, 0.25) is 0 Å². The first-order chi connectivity index (χ1) is 12.6. The maximum Gasteiger partial charge on any atom is 0.417 e. The maximum absolute atomic E-state index is 14.5. The van der Waals surface area contributed by atoms with Gasteiger partial charge in [0.15, 0.2) is 0 Å². The zero-order valence-corrected chi connectivity index (χ0v) is 13.5. The molecule has 0 radical (unpaired) electrons. The van der Waals surface area contributed by atoms with E-state index in [1.165, 1.54) is 30.3 Å². The van der Waals surface area contributed by atoms with E-state index in [4.69, 9.17) is 0 Å². The monoisotopic (exact) mass is 384 g/mol. The molecule has 0 aliphatic heterocycles. The summed E-state index contributed by atoms with van der Waals surface area (Å²) < 4.78 is 92.4. The van der Waals surface area contributed by atoms with Crippen molar-refractivity contribution in [2.75, 3.05) is 0 Å². The van der Waals surface area contributed by atoms with Gasteiger partial charge in [-0.05, 0) is 41.0 Å². The number of benzene rings is 3. The van der Waals surface area contributed by atoms with Crippen LogP contribution in [0.5, 0.6) is 0 Å². The molecule has 3 rings (SSSR count). The molecular formula is C20H11F7. The molecule has 140 valence electrons. The molecule has 0 N–H and O–H groups in total. The normalized spacial score (nSPS) is 12.3. The Morgan fingerprint density at radius 3 is 1.85 bits per heavy atom. The number of halogens is 7. The molecule has 0 amide bonds. The number of alkyl halides is 6. The van der Waals surface area contributed by atoms with E-state index in [1.54, 1.807) is 0 Å². The molecule has 0 aliphatic carbocycles. The minimum atomic E-state index is -4.66. The predicted molar refractivity (Wildman–Crippen MR) is 87.3 cm³/mol. The first-order valence-corrected chi connectivity index (χ1v) is 7.71. The second-order valence-electron chi connectivity index (χ2n) is 5.82. The highest BCUT2D eigenvalue weighted by atomic mass is 19.4. The second kappa shape index (κ2) is 6.72. The molecule has 7 heteroatoms. The SMILES string of the molecule is Fc1cc(-c2cccc(C(F)(F)F)c2)ccc1-c1ccccc1C(F)(F)F. The summed E-state index contributed by atoms with van der Waals surface area (Å²) in [4.78, 5) is 0. The van der Waals surface area contributed by atoms with E-state index in [-0.39, 0.29) is 22.3 Å². The summed E-state index contributed by atoms with van der Waals surface area (Å²) in [5, 5.41) is 0. The van der Waals surface area contributed by atoms with Crippen molar-refractivity contribution in [2.45, 2.75) is 12.4 Å². The fourth-order valence-corrected chi connectivity index (χ4v) is 2.75. The van der Waals surface area contributed by atoms with Gasteiger partial charge < -0.3 is 0 Å². The Hall–Kier alpha value is -2.83. The van der Waals surface area contributed by atoms with Crippen molar-refractivity contribution < 1.29 is 30.7 Å². The van der Waals surface area contributed by atoms with Crippen LogP contribution in [0.1, 0.15) is 11.1 Å². The summed E-state index contributed by atoms with van der Waals surface area (Å²) in [6.07, 6.45) is -9.22. The lowest BCUT2D eigenvalue weighted by molar-refractivity contribution is -0.138. The van der Waals surface area contributed by atoms with Gasteiger partial charge in [0.2, 0.25) is 0 Å². The van der Waals surface area contributed by atoms with Gasteiger partial charge in [0.25, 0.3) is 0 Å². The van der Waals surface area contributed by atoms with E-state index in [1.807, 2.05) is 0 Å². The fourth-order valence-electron chi connectivity index (χ4n) is 2.75. The highest BCUT2D eigenvalue weighted by molar-refractivity contribution is 5.73. The quantitative estimate of drug-likeness (QED) is 0.410. The summed E-state index contributed by atoms with van der Waals surface area (Å²) in [5.74, 6) is -0.957. The minimum absolute atomic E-state index is 0.111. The third kappa shape index (κ3) is 3.97. The van der Waals surface area contributed by atoms with E-state index >= 15 is 0 Å². The van der Waals surface area contributed by atoms with Crippen LogP contribution in [-0.4, -0.2) is 0 Å². The van der Waals surface area contributed by atoms with Gasteiger partial charge in [-0.3, -0.25) is 0 Å². The molecule has 0 unspecified atom stereocenters. The van der Waals surface area contributed by atoms with Gasteiger partial charge in [-0.15, -0.1) is 0 Å². The average molecular weight is 384 g/mol. The van der Waals surface area contributed by atoms with Crippen LogP contribution in [0.3, 0.4) is 0 Å². The van der Waals surface area contributed by atoms with E-state index in [9.17, 15) is 30.7 Å². The summed E-state index contributed by atoms with van der Waals surface area (Å²) in [6.45, 7) is 0. The van der Waals surface area contributed by atoms with Gasteiger partial charge >= 0.3 is 12.4 Å². The van der Waals surface area contributed by atoms with Crippen LogP contribution in [0, 0.1) is 5.82 Å². The fraction of sp³-hybridized carbons (Fsp3) is 0.100. The van der Waals surface area contributed by atoms with Crippen molar-refractivity contribution in [3.63, 3.8) is 0 Å². The molecule has 3 aromatic rings. The average Bonchev–Trinajstić information content (AvgIpc) is 2.60. The van der Waals surface area contributed by atoms with Crippen LogP contribution < -0.4 is 0 Å². The lowest BCUT2D eigenvalue weighted by Gasteiger charge is -2.14. The third-order valence-electron chi connectivity index (χ3n) is 4.01. The molecule has 0 fully saturated rings. The van der Waals surface area contributed by atoms with Crippen molar-refractivity contribution in [1.29, 1.82) is 0 Å². The molecule has 0 saturated heterocycles. The van der Waals surface area contributed by atoms with Crippen LogP contribution in [-0.2, 0) is 12.4 Å². The standard InChI is InChI=1S/C20H11F7/c21-18-11-13(12-4-3-5-14(10-12)19(22,23)24)8-9-16(18)15-6-1-2-7-17(15)20(25,26)27/h1-11H. The van der Waals surface area contributed by atoms with Gasteiger partial charge in [-0.25, -0.2) is 4.39 Å². The molecule has 3 aromatic carbocycles. The van der Waals surface area contributed by atoms with Gasteiger partial charge in [0.1, 0.15) is 5.82 Å². The van der Waals surface area contributed by atoms with E-state index < -0.39 is 29.3 Å². The molecule has 0 bridgehead atoms. The predicted octanol–water partition coefficient (Wildman–Crippen LogP) is 7.20. The molecule has 0 heterocycles. The zero-order valence-electron chi connectivity index (χ0n) is 13.5. The van der Waals surface area contributed by atoms with Crippen LogP contribution in [0.4, 0.5) is 30.7 Å². The minimum Gasteiger partial charge on any atom is -0.206 e. The molecule has 0 nitrogen and oxygen atoms in total. The van der Waals surface area contributed by atoms with Crippen LogP contribution in [0.15, 0.2) is 66.7 Å². The van der Waals surface area contributed by atoms with Crippen molar-refractivity contribution in [3.8, 4) is 22.3 Å². The number of rotatable bonds is 2. The van der Waals surface area contributed by atoms with Crippen LogP contribution in [0.25, 0.3) is 22.3 Å². The first kappa shape index (κ1) is 18.9. The first-order valence-electron chi connectivity index (χ1n) is 7.71. The van der Waals surface area contributed by atoms with Crippen molar-refractivity contribution in [2.24, 2.45) is 0 Å². The highest BCUT2D eigenvalue weighted by Gasteiger charge is 2.34. The van der Waals surface area contributed by atoms with Crippen molar-refractivity contribution >= 4 is 0 Å². The lowest BCUT2D eigenvalue weighted by Crippen LogP contribution is -2.07. The van der Waals surface area contributed by atoms with Gasteiger partial charge in [-0.1, -0.05) is 42.5 Å². The third-order valence-corrected chi connectivity index (χ3v) is 4.01. The lowest BCUT2D eigenvalue weighted by atomic mass is 9.95. The molecule has 0 saturated carbocycles. The number of hydrogen-bond donors (Lipinski definition) is 0. The Labute approximate surface area is 149 Å². The van der Waals surface area contributed by atoms with Gasteiger partial charge in [0.05, 0.1) is 11.1 Å². The van der Waals surface area contributed by atoms with Crippen LogP contribution >= 0.6 is 0 Å². The molecule has 0 spiro atoms. The van der Waals surface area contributed by atoms with Gasteiger partial charge in [0, 0.05) is 5.56 Å². The molecular weight excluding hydrogens is 373 g/mol. The molecule has 0 aromatic heterocycles. The van der Waals surface area contributed by atoms with Crippen molar-refractivity contribution in [3.05, 3.63) is 83.7 Å². The Kier molecular flexibility index (Phi) is 4.71. The Morgan fingerprint density at radius 1 is 0.556 bits per heavy atom. The highest BCUT2D eigenvalue weighted by Crippen LogP contribution is 2.39. The molecule has 0 atom stereocenters. The summed E-state index contributed by atoms with van der Waals surface area (Å²) in [5.41, 5.74) is -2.26. The zero-order chi connectivity index (χ0) is 19.8. The van der Waals surface area contributed by atoms with E-state index in [0.717, 1.165) is 36.4 Å². The second-order valence-corrected chi connectivity index (χ2v) is 5.82. The van der Waals surface area contributed by atoms with Gasteiger partial charge in [-0.2, -0.15) is 26.3 Å². The Bertz CT molecular complexity index is 969. The molecule has 0 aliphatic rings. The number of hydrogen-bond acceptors (Lipinski definition) is 0. The Morgan fingerprint density at radius 2 is 1.22 bits per heavy atom. The molecule has 27 heavy (non-hydrogen) atoms. The summed E-state index contributed by atoms with van der Waals surface area (Å²) in [6, 6.07) is 12.2. The van der Waals surface area contributed by atoms with Crippen molar-refractivity contribution in [1.82, 2.24) is 0 Å². The topological polar surface area (TPSA) is 0 Å². The smallest absolute Gasteiger partial charge is 0.206 e. The van der Waals surface area contributed by atoms with E-state index in [2.05, 4.69) is 0 Å². The summed E-state index contributed by atoms with van der Waals surface area (Å²) >= 11 is 0.